The summed E-state index contributed by atoms with van der Waals surface area (Å²) in [6.45, 7) is 4.17. The number of carboxylic acid groups (broad SMARTS) is 1. The maximum atomic E-state index is 10.8. The molecule has 0 aromatic heterocycles. The molecular weight excluding hydrogens is 220 g/mol. The number of carbonyl (C=O) groups excluding carboxylic acids is 1. The van der Waals surface area contributed by atoms with Crippen LogP contribution in [0.1, 0.15) is 34.6 Å². The molecule has 0 saturated heterocycles. The first kappa shape index (κ1) is 13.0. The Hall–Kier alpha value is -2.10. The highest BCUT2D eigenvalue weighted by Gasteiger charge is 2.08. The summed E-state index contributed by atoms with van der Waals surface area (Å²) in [6.07, 6.45) is 2.49. The molecule has 4 heteroatoms. The Morgan fingerprint density at radius 2 is 2.12 bits per heavy atom. The number of allylic oxidation sites excluding steroid dienone is 1. The number of benzene rings is 1. The molecule has 1 N–H and O–H groups in total. The van der Waals surface area contributed by atoms with Gasteiger partial charge in [-0.3, -0.25) is 4.79 Å². The van der Waals surface area contributed by atoms with E-state index in [1.54, 1.807) is 0 Å². The van der Waals surface area contributed by atoms with Gasteiger partial charge < -0.3 is 9.84 Å². The van der Waals surface area contributed by atoms with Crippen LogP contribution in [0.2, 0.25) is 0 Å². The molecular formula is C13H14O4. The quantitative estimate of drug-likeness (QED) is 0.628. The summed E-state index contributed by atoms with van der Waals surface area (Å²) in [4.78, 5) is 21.5. The van der Waals surface area contributed by atoms with Crippen molar-refractivity contribution in [2.75, 3.05) is 6.61 Å². The average molecular weight is 234 g/mol. The summed E-state index contributed by atoms with van der Waals surface area (Å²) < 4.78 is 5.36. The first-order valence-corrected chi connectivity index (χ1v) is 5.13. The Kier molecular flexibility index (Phi) is 4.46. The molecule has 0 radical (unpaired) electrons. The van der Waals surface area contributed by atoms with Crippen LogP contribution in [-0.4, -0.2) is 24.0 Å². The molecule has 0 saturated carbocycles. The Morgan fingerprint density at radius 3 is 2.65 bits per heavy atom. The molecule has 0 aliphatic heterocycles. The Bertz CT molecular complexity index is 456. The van der Waals surface area contributed by atoms with Crippen molar-refractivity contribution in [3.05, 3.63) is 41.0 Å². The highest BCUT2D eigenvalue weighted by molar-refractivity contribution is 5.90. The molecule has 0 spiro atoms. The van der Waals surface area contributed by atoms with E-state index in [1.165, 1.54) is 18.2 Å². The van der Waals surface area contributed by atoms with Crippen molar-refractivity contribution in [3.8, 4) is 5.75 Å². The summed E-state index contributed by atoms with van der Waals surface area (Å²) in [5.74, 6) is -0.757. The lowest BCUT2D eigenvalue weighted by atomic mass is 10.1. The third-order valence-corrected chi connectivity index (χ3v) is 2.12. The van der Waals surface area contributed by atoms with Crippen molar-refractivity contribution >= 4 is 12.3 Å². The van der Waals surface area contributed by atoms with Gasteiger partial charge in [0.2, 0.25) is 0 Å². The van der Waals surface area contributed by atoms with Crippen LogP contribution in [0.25, 0.3) is 0 Å². The van der Waals surface area contributed by atoms with Crippen molar-refractivity contribution in [2.24, 2.45) is 0 Å². The molecule has 90 valence electrons. The second-order valence-corrected chi connectivity index (χ2v) is 3.77. The van der Waals surface area contributed by atoms with Crippen LogP contribution >= 0.6 is 0 Å². The van der Waals surface area contributed by atoms with E-state index < -0.39 is 5.97 Å². The third-order valence-electron chi connectivity index (χ3n) is 2.12. The lowest BCUT2D eigenvalue weighted by Crippen LogP contribution is -2.02. The van der Waals surface area contributed by atoms with Crippen molar-refractivity contribution in [3.63, 3.8) is 0 Å². The lowest BCUT2D eigenvalue weighted by molar-refractivity contribution is 0.0696. The summed E-state index contributed by atoms with van der Waals surface area (Å²) in [5, 5.41) is 8.83. The van der Waals surface area contributed by atoms with Gasteiger partial charge in [-0.2, -0.15) is 0 Å². The zero-order valence-corrected chi connectivity index (χ0v) is 9.77. The summed E-state index contributed by atoms with van der Waals surface area (Å²) in [6, 6.07) is 4.17. The van der Waals surface area contributed by atoms with Crippen LogP contribution in [-0.2, 0) is 0 Å². The van der Waals surface area contributed by atoms with Gasteiger partial charge in [0.05, 0.1) is 11.1 Å². The van der Waals surface area contributed by atoms with E-state index in [2.05, 4.69) is 0 Å². The molecule has 0 heterocycles. The number of hydrogen-bond donors (Lipinski definition) is 1. The minimum absolute atomic E-state index is 0.0998. The van der Waals surface area contributed by atoms with E-state index >= 15 is 0 Å². The van der Waals surface area contributed by atoms with Gasteiger partial charge in [-0.25, -0.2) is 4.79 Å². The second-order valence-electron chi connectivity index (χ2n) is 3.77. The summed E-state index contributed by atoms with van der Waals surface area (Å²) in [7, 11) is 0. The minimum Gasteiger partial charge on any atom is -0.489 e. The van der Waals surface area contributed by atoms with Crippen LogP contribution in [0, 0.1) is 0 Å². The number of ether oxygens (including phenoxy) is 1. The molecule has 1 aromatic rings. The maximum Gasteiger partial charge on any atom is 0.335 e. The van der Waals surface area contributed by atoms with Gasteiger partial charge >= 0.3 is 5.97 Å². The predicted molar refractivity (Wildman–Crippen MR) is 63.7 cm³/mol. The number of hydrogen-bond acceptors (Lipinski definition) is 3. The van der Waals surface area contributed by atoms with Gasteiger partial charge in [0.25, 0.3) is 0 Å². The van der Waals surface area contributed by atoms with Gasteiger partial charge in [0.1, 0.15) is 12.4 Å². The van der Waals surface area contributed by atoms with Crippen molar-refractivity contribution < 1.29 is 19.4 Å². The molecule has 1 rings (SSSR count). The normalized spacial score (nSPS) is 9.53. The molecule has 1 aromatic carbocycles. The number of aromatic carboxylic acids is 1. The minimum atomic E-state index is -1.05. The first-order chi connectivity index (χ1) is 8.04. The monoisotopic (exact) mass is 234 g/mol. The molecule has 0 aliphatic rings. The van der Waals surface area contributed by atoms with Crippen molar-refractivity contribution in [1.29, 1.82) is 0 Å². The highest BCUT2D eigenvalue weighted by Crippen LogP contribution is 2.19. The zero-order valence-electron chi connectivity index (χ0n) is 9.77. The van der Waals surface area contributed by atoms with E-state index in [1.807, 2.05) is 19.9 Å². The van der Waals surface area contributed by atoms with Gasteiger partial charge in [-0.05, 0) is 38.1 Å². The predicted octanol–water partition coefficient (Wildman–Crippen LogP) is 2.54. The molecule has 0 unspecified atom stereocenters. The molecule has 4 nitrogen and oxygen atoms in total. The van der Waals surface area contributed by atoms with Crippen molar-refractivity contribution in [1.82, 2.24) is 0 Å². The van der Waals surface area contributed by atoms with Crippen LogP contribution in [0.15, 0.2) is 29.8 Å². The van der Waals surface area contributed by atoms with E-state index in [9.17, 15) is 9.59 Å². The first-order valence-electron chi connectivity index (χ1n) is 5.13. The number of rotatable bonds is 5. The second kappa shape index (κ2) is 5.84. The number of carboxylic acids is 1. The lowest BCUT2D eigenvalue weighted by Gasteiger charge is -2.07. The van der Waals surface area contributed by atoms with Crippen molar-refractivity contribution in [2.45, 2.75) is 13.8 Å². The number of carbonyl (C=O) groups is 2. The molecule has 0 atom stereocenters. The van der Waals surface area contributed by atoms with E-state index in [-0.39, 0.29) is 11.3 Å². The summed E-state index contributed by atoms with van der Waals surface area (Å²) >= 11 is 0. The standard InChI is InChI=1S/C13H14O4/c1-9(2)5-6-17-12-7-10(13(15)16)3-4-11(12)8-14/h3-5,7-8H,6H2,1-2H3,(H,15,16). The molecule has 0 bridgehead atoms. The SMILES string of the molecule is CC(C)=CCOc1cc(C(=O)O)ccc1C=O. The summed E-state index contributed by atoms with van der Waals surface area (Å²) in [5.41, 5.74) is 1.53. The molecule has 0 fully saturated rings. The van der Waals surface area contributed by atoms with Gasteiger partial charge in [-0.15, -0.1) is 0 Å². The zero-order chi connectivity index (χ0) is 12.8. The smallest absolute Gasteiger partial charge is 0.335 e. The Balaban J connectivity index is 2.94. The van der Waals surface area contributed by atoms with Crippen LogP contribution < -0.4 is 4.74 Å². The largest absolute Gasteiger partial charge is 0.489 e. The van der Waals surface area contributed by atoms with Gasteiger partial charge in [-0.1, -0.05) is 5.57 Å². The fourth-order valence-corrected chi connectivity index (χ4v) is 1.19. The molecule has 17 heavy (non-hydrogen) atoms. The Labute approximate surface area is 99.5 Å². The molecule has 0 amide bonds. The van der Waals surface area contributed by atoms with E-state index in [0.717, 1.165) is 5.57 Å². The molecule has 0 aliphatic carbocycles. The van der Waals surface area contributed by atoms with Crippen LogP contribution in [0.3, 0.4) is 0 Å². The Morgan fingerprint density at radius 1 is 1.41 bits per heavy atom. The number of aldehydes is 1. The maximum absolute atomic E-state index is 10.8. The third kappa shape index (κ3) is 3.75. The van der Waals surface area contributed by atoms with E-state index in [4.69, 9.17) is 9.84 Å². The fourth-order valence-electron chi connectivity index (χ4n) is 1.19. The van der Waals surface area contributed by atoms with Crippen LogP contribution in [0.5, 0.6) is 5.75 Å². The van der Waals surface area contributed by atoms with Crippen LogP contribution in [0.4, 0.5) is 0 Å². The fraction of sp³-hybridized carbons (Fsp3) is 0.231. The topological polar surface area (TPSA) is 63.6 Å². The van der Waals surface area contributed by atoms with Gasteiger partial charge in [0.15, 0.2) is 6.29 Å². The average Bonchev–Trinajstić information content (AvgIpc) is 2.28. The highest BCUT2D eigenvalue weighted by atomic mass is 16.5. The van der Waals surface area contributed by atoms with Gasteiger partial charge in [0, 0.05) is 0 Å². The van der Waals surface area contributed by atoms with E-state index in [0.29, 0.717) is 18.5 Å².